The van der Waals surface area contributed by atoms with Crippen molar-refractivity contribution < 1.29 is 5.11 Å². The molecule has 1 aliphatic heterocycles. The number of anilines is 3. The van der Waals surface area contributed by atoms with Gasteiger partial charge < -0.3 is 25.2 Å². The van der Waals surface area contributed by atoms with Crippen molar-refractivity contribution in [3.63, 3.8) is 0 Å². The number of hydrogen-bond acceptors (Lipinski definition) is 6. The summed E-state index contributed by atoms with van der Waals surface area (Å²) in [5.74, 6) is 0.752. The second kappa shape index (κ2) is 10.0. The van der Waals surface area contributed by atoms with Crippen LogP contribution in [0.25, 0.3) is 27.7 Å². The molecule has 0 amide bonds. The van der Waals surface area contributed by atoms with Crippen LogP contribution >= 0.6 is 11.6 Å². The smallest absolute Gasteiger partial charge is 0.161 e. The predicted octanol–water partition coefficient (Wildman–Crippen LogP) is 4.95. The number of imidazole rings is 1. The zero-order valence-electron chi connectivity index (χ0n) is 20.8. The predicted molar refractivity (Wildman–Crippen MR) is 150 cm³/mol. The summed E-state index contributed by atoms with van der Waals surface area (Å²) in [5.41, 5.74) is 6.70. The maximum atomic E-state index is 9.34. The number of aromatic nitrogens is 4. The first-order chi connectivity index (χ1) is 18.1. The van der Waals surface area contributed by atoms with Crippen molar-refractivity contribution in [2.24, 2.45) is 0 Å². The molecule has 0 radical (unpaired) electrons. The third kappa shape index (κ3) is 4.52. The lowest BCUT2D eigenvalue weighted by Crippen LogP contribution is -2.46. The molecule has 1 aliphatic rings. The molecule has 1 fully saturated rings. The van der Waals surface area contributed by atoms with E-state index in [9.17, 15) is 5.11 Å². The molecule has 0 atom stereocenters. The number of likely N-dealkylation sites (N-methyl/N-ethyl adjacent to an activating group) is 1. The Morgan fingerprint density at radius 3 is 2.70 bits per heavy atom. The van der Waals surface area contributed by atoms with Crippen molar-refractivity contribution in [2.45, 2.75) is 13.3 Å². The lowest BCUT2D eigenvalue weighted by molar-refractivity contribution is 0.271. The van der Waals surface area contributed by atoms with Gasteiger partial charge >= 0.3 is 0 Å². The van der Waals surface area contributed by atoms with E-state index in [-0.39, 0.29) is 6.61 Å². The van der Waals surface area contributed by atoms with Gasteiger partial charge in [-0.25, -0.2) is 9.97 Å². The Morgan fingerprint density at radius 1 is 1.08 bits per heavy atom. The van der Waals surface area contributed by atoms with Crippen LogP contribution < -0.4 is 10.2 Å². The number of hydrogen-bond donors (Lipinski definition) is 3. The number of nitrogens with zero attached hydrogens (tertiary/aromatic N) is 5. The Balaban J connectivity index is 1.30. The number of fused-ring (bicyclic) bond motifs is 2. The molecule has 3 N–H and O–H groups in total. The molecule has 37 heavy (non-hydrogen) atoms. The summed E-state index contributed by atoms with van der Waals surface area (Å²) in [4.78, 5) is 17.4. The van der Waals surface area contributed by atoms with Crippen molar-refractivity contribution in [3.8, 4) is 11.1 Å². The number of pyridine rings is 2. The normalized spacial score (nSPS) is 14.6. The van der Waals surface area contributed by atoms with E-state index in [1.165, 1.54) is 0 Å². The number of nitrogens with one attached hydrogen (secondary N) is 2. The second-order valence-corrected chi connectivity index (χ2v) is 9.74. The molecular formula is C28H30ClN7O. The molecule has 0 bridgehead atoms. The van der Waals surface area contributed by atoms with Gasteiger partial charge in [-0.2, -0.15) is 0 Å². The van der Waals surface area contributed by atoms with Crippen LogP contribution in [0.3, 0.4) is 0 Å². The lowest BCUT2D eigenvalue weighted by atomic mass is 10.0. The molecule has 0 unspecified atom stereocenters. The summed E-state index contributed by atoms with van der Waals surface area (Å²) in [6.07, 6.45) is 8.13. The standard InChI is InChI=1S/C28H30ClN7O/c1-2-34-10-12-35(13-11-34)21-4-6-26(32-18-21)33-25-16-23(27(29)36-9-8-30-28(25)36)19-3-5-22-20(7-14-37)17-31-24(22)15-19/h3-6,8-9,15-18,31,37H,2,7,10-14H2,1H3,(H,32,33). The van der Waals surface area contributed by atoms with Crippen LogP contribution in [0.4, 0.5) is 17.2 Å². The van der Waals surface area contributed by atoms with Gasteiger partial charge in [-0.3, -0.25) is 4.40 Å². The van der Waals surface area contributed by atoms with E-state index in [1.54, 1.807) is 6.20 Å². The number of benzene rings is 1. The molecule has 0 saturated carbocycles. The van der Waals surface area contributed by atoms with Crippen molar-refractivity contribution in [3.05, 3.63) is 71.9 Å². The third-order valence-electron chi connectivity index (χ3n) is 7.26. The van der Waals surface area contributed by atoms with E-state index < -0.39 is 0 Å². The second-order valence-electron chi connectivity index (χ2n) is 9.38. The molecule has 9 heteroatoms. The zero-order valence-corrected chi connectivity index (χ0v) is 21.5. The van der Waals surface area contributed by atoms with E-state index in [0.717, 1.165) is 83.2 Å². The van der Waals surface area contributed by atoms with Gasteiger partial charge in [0.25, 0.3) is 0 Å². The maximum Gasteiger partial charge on any atom is 0.161 e. The van der Waals surface area contributed by atoms with Crippen LogP contribution in [0.15, 0.2) is 61.2 Å². The lowest BCUT2D eigenvalue weighted by Gasteiger charge is -2.35. The topological polar surface area (TPSA) is 84.7 Å². The first-order valence-electron chi connectivity index (χ1n) is 12.7. The van der Waals surface area contributed by atoms with Crippen molar-refractivity contribution in [1.82, 2.24) is 24.3 Å². The molecule has 1 aromatic carbocycles. The largest absolute Gasteiger partial charge is 0.396 e. The average Bonchev–Trinajstić information content (AvgIpc) is 3.59. The highest BCUT2D eigenvalue weighted by molar-refractivity contribution is 6.32. The van der Waals surface area contributed by atoms with E-state index in [2.05, 4.69) is 56.3 Å². The summed E-state index contributed by atoms with van der Waals surface area (Å²) in [5, 5.41) is 14.5. The van der Waals surface area contributed by atoms with E-state index >= 15 is 0 Å². The van der Waals surface area contributed by atoms with Gasteiger partial charge in [-0.1, -0.05) is 30.7 Å². The van der Waals surface area contributed by atoms with Gasteiger partial charge in [0.15, 0.2) is 5.65 Å². The molecule has 0 spiro atoms. The van der Waals surface area contributed by atoms with Gasteiger partial charge in [0.1, 0.15) is 11.0 Å². The Kier molecular flexibility index (Phi) is 6.46. The molecule has 5 aromatic rings. The van der Waals surface area contributed by atoms with Crippen molar-refractivity contribution in [1.29, 1.82) is 0 Å². The summed E-state index contributed by atoms with van der Waals surface area (Å²) in [6, 6.07) is 12.4. The maximum absolute atomic E-state index is 9.34. The molecule has 190 valence electrons. The Hall–Kier alpha value is -3.59. The Labute approximate surface area is 220 Å². The average molecular weight is 516 g/mol. The number of rotatable bonds is 7. The van der Waals surface area contributed by atoms with Crippen LogP contribution in [0, 0.1) is 0 Å². The van der Waals surface area contributed by atoms with Gasteiger partial charge in [0, 0.05) is 67.8 Å². The Bertz CT molecular complexity index is 1530. The highest BCUT2D eigenvalue weighted by Crippen LogP contribution is 2.36. The molecule has 6 rings (SSSR count). The summed E-state index contributed by atoms with van der Waals surface area (Å²) >= 11 is 6.85. The van der Waals surface area contributed by atoms with E-state index in [1.807, 2.05) is 35.1 Å². The number of aromatic amines is 1. The third-order valence-corrected chi connectivity index (χ3v) is 7.64. The van der Waals surface area contributed by atoms with Crippen molar-refractivity contribution in [2.75, 3.05) is 49.5 Å². The first-order valence-corrected chi connectivity index (χ1v) is 13.1. The quantitative estimate of drug-likeness (QED) is 0.266. The SMILES string of the molecule is CCN1CCN(c2ccc(Nc3cc(-c4ccc5c(CCO)c[nH]c5c4)c(Cl)n4ccnc34)nc2)CC1. The monoisotopic (exact) mass is 515 g/mol. The highest BCUT2D eigenvalue weighted by Gasteiger charge is 2.17. The fourth-order valence-electron chi connectivity index (χ4n) is 5.14. The van der Waals surface area contributed by atoms with Crippen LogP contribution in [-0.4, -0.2) is 68.7 Å². The minimum absolute atomic E-state index is 0.122. The summed E-state index contributed by atoms with van der Waals surface area (Å²) < 4.78 is 1.89. The fourth-order valence-corrected chi connectivity index (χ4v) is 5.44. The zero-order chi connectivity index (χ0) is 25.4. The minimum Gasteiger partial charge on any atom is -0.396 e. The van der Waals surface area contributed by atoms with Crippen LogP contribution in [0.2, 0.25) is 5.15 Å². The molecule has 8 nitrogen and oxygen atoms in total. The van der Waals surface area contributed by atoms with Crippen LogP contribution in [-0.2, 0) is 6.42 Å². The molecule has 0 aliphatic carbocycles. The minimum atomic E-state index is 0.122. The van der Waals surface area contributed by atoms with Gasteiger partial charge in [0.05, 0.1) is 17.6 Å². The summed E-state index contributed by atoms with van der Waals surface area (Å²) in [6.45, 7) is 7.64. The molecule has 1 saturated heterocycles. The number of halogens is 1. The fraction of sp³-hybridized carbons (Fsp3) is 0.286. The number of H-pyrrole nitrogens is 1. The van der Waals surface area contributed by atoms with E-state index in [4.69, 9.17) is 16.6 Å². The number of aliphatic hydroxyl groups is 1. The van der Waals surface area contributed by atoms with Crippen LogP contribution in [0.5, 0.6) is 0 Å². The molecule has 4 aromatic heterocycles. The number of aliphatic hydroxyl groups excluding tert-OH is 1. The Morgan fingerprint density at radius 2 is 1.95 bits per heavy atom. The van der Waals surface area contributed by atoms with Gasteiger partial charge in [0.2, 0.25) is 0 Å². The van der Waals surface area contributed by atoms with Gasteiger partial charge in [-0.05, 0) is 48.4 Å². The van der Waals surface area contributed by atoms with Gasteiger partial charge in [-0.15, -0.1) is 0 Å². The summed E-state index contributed by atoms with van der Waals surface area (Å²) in [7, 11) is 0. The van der Waals surface area contributed by atoms with E-state index in [0.29, 0.717) is 11.6 Å². The van der Waals surface area contributed by atoms with Crippen LogP contribution in [0.1, 0.15) is 12.5 Å². The van der Waals surface area contributed by atoms with Crippen molar-refractivity contribution >= 4 is 45.3 Å². The molecular weight excluding hydrogens is 486 g/mol. The first kappa shape index (κ1) is 23.8. The molecule has 5 heterocycles. The number of piperazine rings is 1. The highest BCUT2D eigenvalue weighted by atomic mass is 35.5.